The number of hydrogen-bond acceptors (Lipinski definition) is 2. The van der Waals surface area contributed by atoms with Gasteiger partial charge in [-0.1, -0.05) is 11.6 Å². The van der Waals surface area contributed by atoms with Crippen LogP contribution in [-0.2, 0) is 0 Å². The van der Waals surface area contributed by atoms with Gasteiger partial charge in [0.05, 0.1) is 5.56 Å². The Labute approximate surface area is 108 Å². The van der Waals surface area contributed by atoms with Gasteiger partial charge in [0.25, 0.3) is 0 Å². The Morgan fingerprint density at radius 1 is 1.26 bits per heavy atom. The maximum atomic E-state index is 13.5. The molecule has 1 rings (SSSR count). The van der Waals surface area contributed by atoms with E-state index < -0.39 is 28.9 Å². The molecule has 19 heavy (non-hydrogen) atoms. The molecule has 0 spiro atoms. The first-order valence-electron chi connectivity index (χ1n) is 5.39. The van der Waals surface area contributed by atoms with Crippen molar-refractivity contribution < 1.29 is 22.4 Å². The molecule has 0 N–H and O–H groups in total. The zero-order chi connectivity index (χ0) is 14.8. The molecule has 1 aromatic carbocycles. The molecule has 0 aliphatic heterocycles. The molecule has 0 aliphatic rings. The highest BCUT2D eigenvalue weighted by atomic mass is 19.4. The van der Waals surface area contributed by atoms with Gasteiger partial charge in [0.15, 0.2) is 0 Å². The number of carbonyl (C=O) groups is 1. The number of hydrogen-bond donors (Lipinski definition) is 0. The van der Waals surface area contributed by atoms with E-state index in [1.807, 2.05) is 0 Å². The molecule has 0 aliphatic carbocycles. The molecule has 0 saturated carbocycles. The zero-order valence-corrected chi connectivity index (χ0v) is 10.7. The molecule has 0 heterocycles. The van der Waals surface area contributed by atoms with Crippen LogP contribution in [0, 0.1) is 12.7 Å². The molecule has 0 radical (unpaired) electrons. The number of aryl methyl sites for hydroxylation is 1. The molecule has 0 saturated heterocycles. The standard InChI is InChI=1S/C13H13F4NO/c1-8-4-5-11(14)9(6-8)12(19)10(7-18(2)3)13(15,16)17/h4-7H,1-3H3/b10-7-. The molecule has 0 atom stereocenters. The van der Waals surface area contributed by atoms with Gasteiger partial charge >= 0.3 is 6.18 Å². The summed E-state index contributed by atoms with van der Waals surface area (Å²) in [7, 11) is 2.71. The summed E-state index contributed by atoms with van der Waals surface area (Å²) in [5.41, 5.74) is -1.47. The topological polar surface area (TPSA) is 20.3 Å². The summed E-state index contributed by atoms with van der Waals surface area (Å²) in [6, 6.07) is 3.47. The van der Waals surface area contributed by atoms with E-state index in [9.17, 15) is 22.4 Å². The summed E-state index contributed by atoms with van der Waals surface area (Å²) < 4.78 is 51.9. The smallest absolute Gasteiger partial charge is 0.383 e. The molecular weight excluding hydrogens is 262 g/mol. The highest BCUT2D eigenvalue weighted by molar-refractivity contribution is 6.09. The molecule has 0 unspecified atom stereocenters. The summed E-state index contributed by atoms with van der Waals surface area (Å²) in [5.74, 6) is -2.34. The van der Waals surface area contributed by atoms with Crippen molar-refractivity contribution in [2.45, 2.75) is 13.1 Å². The maximum Gasteiger partial charge on any atom is 0.421 e. The summed E-state index contributed by atoms with van der Waals surface area (Å²) in [6.45, 7) is 1.57. The number of Topliss-reactive ketones (excluding diaryl/α,β-unsaturated/α-hetero) is 1. The summed E-state index contributed by atoms with van der Waals surface area (Å²) in [5, 5.41) is 0. The average Bonchev–Trinajstić information content (AvgIpc) is 2.26. The minimum absolute atomic E-state index is 0.510. The molecule has 0 aromatic heterocycles. The Morgan fingerprint density at radius 3 is 2.32 bits per heavy atom. The van der Waals surface area contributed by atoms with Crippen LogP contribution in [-0.4, -0.2) is 31.0 Å². The van der Waals surface area contributed by atoms with Crippen LogP contribution in [0.1, 0.15) is 15.9 Å². The third-order valence-electron chi connectivity index (χ3n) is 2.30. The quantitative estimate of drug-likeness (QED) is 0.479. The van der Waals surface area contributed by atoms with Gasteiger partial charge in [-0.05, 0) is 19.1 Å². The molecule has 2 nitrogen and oxygen atoms in total. The lowest BCUT2D eigenvalue weighted by Gasteiger charge is -2.14. The van der Waals surface area contributed by atoms with E-state index in [2.05, 4.69) is 0 Å². The van der Waals surface area contributed by atoms with E-state index in [0.29, 0.717) is 11.8 Å². The molecule has 6 heteroatoms. The van der Waals surface area contributed by atoms with Crippen LogP contribution in [0.4, 0.5) is 17.6 Å². The van der Waals surface area contributed by atoms with Crippen molar-refractivity contribution in [3.63, 3.8) is 0 Å². The van der Waals surface area contributed by atoms with E-state index in [-0.39, 0.29) is 0 Å². The van der Waals surface area contributed by atoms with E-state index >= 15 is 0 Å². The Balaban J connectivity index is 3.32. The Bertz CT molecular complexity index is 518. The van der Waals surface area contributed by atoms with E-state index in [0.717, 1.165) is 17.0 Å². The van der Waals surface area contributed by atoms with Gasteiger partial charge in [0.1, 0.15) is 11.4 Å². The van der Waals surface area contributed by atoms with Crippen LogP contribution in [0.5, 0.6) is 0 Å². The average molecular weight is 275 g/mol. The third-order valence-corrected chi connectivity index (χ3v) is 2.30. The first-order valence-corrected chi connectivity index (χ1v) is 5.39. The number of halogens is 4. The maximum absolute atomic E-state index is 13.5. The second-order valence-electron chi connectivity index (χ2n) is 4.32. The van der Waals surface area contributed by atoms with Gasteiger partial charge in [0.2, 0.25) is 5.78 Å². The molecule has 0 amide bonds. The number of carbonyl (C=O) groups excluding carboxylic acids is 1. The highest BCUT2D eigenvalue weighted by Gasteiger charge is 2.40. The van der Waals surface area contributed by atoms with Gasteiger partial charge in [-0.15, -0.1) is 0 Å². The van der Waals surface area contributed by atoms with Crippen LogP contribution < -0.4 is 0 Å². The SMILES string of the molecule is Cc1ccc(F)c(C(=O)/C(=C/N(C)C)C(F)(F)F)c1. The Kier molecular flexibility index (Phi) is 4.34. The van der Waals surface area contributed by atoms with Crippen LogP contribution in [0.15, 0.2) is 30.0 Å². The van der Waals surface area contributed by atoms with E-state index in [1.54, 1.807) is 6.92 Å². The van der Waals surface area contributed by atoms with Crippen LogP contribution in [0.25, 0.3) is 0 Å². The van der Waals surface area contributed by atoms with Crippen molar-refractivity contribution in [1.29, 1.82) is 0 Å². The molecule has 0 bridgehead atoms. The fourth-order valence-corrected chi connectivity index (χ4v) is 1.48. The zero-order valence-electron chi connectivity index (χ0n) is 10.7. The minimum Gasteiger partial charge on any atom is -0.383 e. The Hall–Kier alpha value is -1.85. The molecular formula is C13H13F4NO. The molecule has 1 aromatic rings. The van der Waals surface area contributed by atoms with Gasteiger partial charge < -0.3 is 4.90 Å². The van der Waals surface area contributed by atoms with Crippen molar-refractivity contribution in [2.24, 2.45) is 0 Å². The number of benzene rings is 1. The fourth-order valence-electron chi connectivity index (χ4n) is 1.48. The van der Waals surface area contributed by atoms with Gasteiger partial charge in [0, 0.05) is 20.3 Å². The van der Waals surface area contributed by atoms with Crippen molar-refractivity contribution in [3.05, 3.63) is 46.9 Å². The Morgan fingerprint density at radius 2 is 1.84 bits per heavy atom. The first kappa shape index (κ1) is 15.2. The summed E-state index contributed by atoms with van der Waals surface area (Å²) in [6.07, 6.45) is -4.19. The number of alkyl halides is 3. The number of ketones is 1. The van der Waals surface area contributed by atoms with E-state index in [4.69, 9.17) is 0 Å². The second kappa shape index (κ2) is 5.42. The lowest BCUT2D eigenvalue weighted by Crippen LogP contribution is -2.23. The third kappa shape index (κ3) is 3.81. The largest absolute Gasteiger partial charge is 0.421 e. The van der Waals surface area contributed by atoms with Crippen molar-refractivity contribution in [1.82, 2.24) is 4.90 Å². The van der Waals surface area contributed by atoms with Crippen molar-refractivity contribution in [3.8, 4) is 0 Å². The summed E-state index contributed by atoms with van der Waals surface area (Å²) in [4.78, 5) is 12.9. The summed E-state index contributed by atoms with van der Waals surface area (Å²) >= 11 is 0. The van der Waals surface area contributed by atoms with E-state index in [1.165, 1.54) is 20.2 Å². The van der Waals surface area contributed by atoms with Crippen molar-refractivity contribution >= 4 is 5.78 Å². The van der Waals surface area contributed by atoms with Gasteiger partial charge in [-0.3, -0.25) is 4.79 Å². The predicted octanol–water partition coefficient (Wildman–Crippen LogP) is 3.32. The van der Waals surface area contributed by atoms with Crippen LogP contribution in [0.2, 0.25) is 0 Å². The molecule has 104 valence electrons. The lowest BCUT2D eigenvalue weighted by atomic mass is 10.0. The number of nitrogens with zero attached hydrogens (tertiary/aromatic N) is 1. The fraction of sp³-hybridized carbons (Fsp3) is 0.308. The number of rotatable bonds is 3. The van der Waals surface area contributed by atoms with Crippen LogP contribution in [0.3, 0.4) is 0 Å². The normalized spacial score (nSPS) is 12.5. The number of allylic oxidation sites excluding steroid dienone is 1. The lowest BCUT2D eigenvalue weighted by molar-refractivity contribution is -0.0896. The van der Waals surface area contributed by atoms with Crippen LogP contribution >= 0.6 is 0 Å². The van der Waals surface area contributed by atoms with Gasteiger partial charge in [-0.2, -0.15) is 13.2 Å². The first-order chi connectivity index (χ1) is 8.62. The highest BCUT2D eigenvalue weighted by Crippen LogP contribution is 2.29. The minimum atomic E-state index is -4.84. The second-order valence-corrected chi connectivity index (χ2v) is 4.32. The van der Waals surface area contributed by atoms with Gasteiger partial charge in [-0.25, -0.2) is 4.39 Å². The monoisotopic (exact) mass is 275 g/mol. The predicted molar refractivity (Wildman–Crippen MR) is 63.3 cm³/mol. The molecule has 0 fully saturated rings. The van der Waals surface area contributed by atoms with Crippen molar-refractivity contribution in [2.75, 3.05) is 14.1 Å².